The molecule has 7 heteroatoms. The van der Waals surface area contributed by atoms with Crippen LogP contribution < -0.4 is 14.8 Å². The molecule has 2 rings (SSSR count). The second kappa shape index (κ2) is 7.92. The summed E-state index contributed by atoms with van der Waals surface area (Å²) in [4.78, 5) is 12.3. The molecule has 0 spiro atoms. The molecule has 25 heavy (non-hydrogen) atoms. The summed E-state index contributed by atoms with van der Waals surface area (Å²) in [7, 11) is 0. The third-order valence-corrected chi connectivity index (χ3v) is 3.29. The maximum atomic E-state index is 12.3. The van der Waals surface area contributed by atoms with E-state index in [4.69, 9.17) is 4.74 Å². The van der Waals surface area contributed by atoms with Crippen molar-refractivity contribution in [1.29, 1.82) is 0 Å². The van der Waals surface area contributed by atoms with Crippen LogP contribution in [0.3, 0.4) is 0 Å². The van der Waals surface area contributed by atoms with Crippen LogP contribution in [0.2, 0.25) is 0 Å². The highest BCUT2D eigenvalue weighted by Crippen LogP contribution is 2.24. The minimum absolute atomic E-state index is 0.353. The van der Waals surface area contributed by atoms with Crippen molar-refractivity contribution in [3.05, 3.63) is 54.1 Å². The molecule has 2 aromatic rings. The van der Waals surface area contributed by atoms with E-state index in [-0.39, 0.29) is 11.7 Å². The van der Waals surface area contributed by atoms with Gasteiger partial charge in [0.2, 0.25) is 0 Å². The lowest BCUT2D eigenvalue weighted by molar-refractivity contribution is -0.274. The van der Waals surface area contributed by atoms with Crippen molar-refractivity contribution in [3.63, 3.8) is 0 Å². The molecule has 0 saturated carbocycles. The van der Waals surface area contributed by atoms with Crippen LogP contribution in [0.5, 0.6) is 11.5 Å². The first-order chi connectivity index (χ1) is 11.8. The molecule has 134 valence electrons. The molecule has 1 N–H and O–H groups in total. The van der Waals surface area contributed by atoms with E-state index in [1.807, 2.05) is 25.1 Å². The van der Waals surface area contributed by atoms with E-state index in [1.54, 1.807) is 13.0 Å². The first-order valence-electron chi connectivity index (χ1n) is 7.67. The van der Waals surface area contributed by atoms with Gasteiger partial charge in [-0.3, -0.25) is 4.79 Å². The fraction of sp³-hybridized carbons (Fsp3) is 0.278. The first kappa shape index (κ1) is 18.6. The zero-order valence-corrected chi connectivity index (χ0v) is 13.8. The van der Waals surface area contributed by atoms with Crippen LogP contribution in [0.1, 0.15) is 18.9 Å². The quantitative estimate of drug-likeness (QED) is 0.820. The van der Waals surface area contributed by atoms with Gasteiger partial charge in [0.15, 0.2) is 6.10 Å². The van der Waals surface area contributed by atoms with Gasteiger partial charge in [0.1, 0.15) is 11.5 Å². The molecule has 0 bridgehead atoms. The van der Waals surface area contributed by atoms with Crippen molar-refractivity contribution in [1.82, 2.24) is 0 Å². The summed E-state index contributed by atoms with van der Waals surface area (Å²) in [5.74, 6) is -0.155. The Labute approximate surface area is 143 Å². The molecule has 1 amide bonds. The second-order valence-electron chi connectivity index (χ2n) is 5.39. The largest absolute Gasteiger partial charge is 0.573 e. The molecule has 0 heterocycles. The zero-order valence-electron chi connectivity index (χ0n) is 13.8. The molecular formula is C18H18F3NO3. The lowest BCUT2D eigenvalue weighted by atomic mass is 10.2. The summed E-state index contributed by atoms with van der Waals surface area (Å²) < 4.78 is 45.9. The van der Waals surface area contributed by atoms with E-state index in [0.717, 1.165) is 17.7 Å². The minimum Gasteiger partial charge on any atom is -0.481 e. The van der Waals surface area contributed by atoms with Gasteiger partial charge in [0, 0.05) is 5.69 Å². The van der Waals surface area contributed by atoms with Crippen LogP contribution in [0.25, 0.3) is 0 Å². The second-order valence-corrected chi connectivity index (χ2v) is 5.39. The van der Waals surface area contributed by atoms with Gasteiger partial charge in [-0.15, -0.1) is 13.2 Å². The molecule has 1 atom stereocenters. The number of halogens is 3. The number of hydrogen-bond acceptors (Lipinski definition) is 3. The summed E-state index contributed by atoms with van der Waals surface area (Å²) >= 11 is 0. The van der Waals surface area contributed by atoms with Crippen LogP contribution in [0.4, 0.5) is 18.9 Å². The molecule has 0 radical (unpaired) electrons. The van der Waals surface area contributed by atoms with Crippen LogP contribution in [-0.2, 0) is 4.79 Å². The smallest absolute Gasteiger partial charge is 0.481 e. The Hall–Kier alpha value is -2.70. The van der Waals surface area contributed by atoms with Gasteiger partial charge in [0.25, 0.3) is 5.91 Å². The SMILES string of the molecule is CC[C@H](Oc1cccc(C)c1)C(=O)Nc1ccc(OC(F)(F)F)cc1. The standard InChI is InChI=1S/C18H18F3NO3/c1-3-16(24-15-6-4-5-12(2)11-15)17(23)22-13-7-9-14(10-8-13)25-18(19,20)21/h4-11,16H,3H2,1-2H3,(H,22,23)/t16-/m0/s1. The lowest BCUT2D eigenvalue weighted by Gasteiger charge is -2.18. The molecule has 0 fully saturated rings. The van der Waals surface area contributed by atoms with Gasteiger partial charge in [-0.1, -0.05) is 19.1 Å². The number of alkyl halides is 3. The van der Waals surface area contributed by atoms with Crippen LogP contribution in [0, 0.1) is 6.92 Å². The summed E-state index contributed by atoms with van der Waals surface area (Å²) in [6.07, 6.45) is -5.03. The van der Waals surface area contributed by atoms with Crippen molar-refractivity contribution < 1.29 is 27.4 Å². The van der Waals surface area contributed by atoms with Gasteiger partial charge in [-0.25, -0.2) is 0 Å². The maximum Gasteiger partial charge on any atom is 0.573 e. The Morgan fingerprint density at radius 1 is 1.12 bits per heavy atom. The Balaban J connectivity index is 1.99. The number of anilines is 1. The third kappa shape index (κ3) is 6.02. The van der Waals surface area contributed by atoms with Gasteiger partial charge in [0.05, 0.1) is 0 Å². The average molecular weight is 353 g/mol. The predicted molar refractivity (Wildman–Crippen MR) is 87.6 cm³/mol. The number of carbonyl (C=O) groups excluding carboxylic acids is 1. The molecular weight excluding hydrogens is 335 g/mol. The van der Waals surface area contributed by atoms with Crippen molar-refractivity contribution in [2.24, 2.45) is 0 Å². The van der Waals surface area contributed by atoms with Gasteiger partial charge in [-0.2, -0.15) is 0 Å². The van der Waals surface area contributed by atoms with Crippen molar-refractivity contribution in [2.75, 3.05) is 5.32 Å². The number of aryl methyl sites for hydroxylation is 1. The average Bonchev–Trinajstić information content (AvgIpc) is 2.53. The van der Waals surface area contributed by atoms with Crippen LogP contribution in [-0.4, -0.2) is 18.4 Å². The van der Waals surface area contributed by atoms with Gasteiger partial charge >= 0.3 is 6.36 Å². The summed E-state index contributed by atoms with van der Waals surface area (Å²) in [6, 6.07) is 12.2. The van der Waals surface area contributed by atoms with Crippen molar-refractivity contribution in [2.45, 2.75) is 32.7 Å². The maximum absolute atomic E-state index is 12.3. The first-order valence-corrected chi connectivity index (χ1v) is 7.67. The van der Waals surface area contributed by atoms with Gasteiger partial charge in [-0.05, 0) is 55.3 Å². The van der Waals surface area contributed by atoms with Crippen molar-refractivity contribution >= 4 is 11.6 Å². The number of benzene rings is 2. The highest BCUT2D eigenvalue weighted by molar-refractivity contribution is 5.94. The van der Waals surface area contributed by atoms with E-state index >= 15 is 0 Å². The zero-order chi connectivity index (χ0) is 18.4. The van der Waals surface area contributed by atoms with E-state index in [0.29, 0.717) is 17.9 Å². The minimum atomic E-state index is -4.75. The Kier molecular flexibility index (Phi) is 5.90. The highest BCUT2D eigenvalue weighted by atomic mass is 19.4. The summed E-state index contributed by atoms with van der Waals surface area (Å²) in [5.41, 5.74) is 1.36. The summed E-state index contributed by atoms with van der Waals surface area (Å²) in [6.45, 7) is 3.72. The van der Waals surface area contributed by atoms with Gasteiger partial charge < -0.3 is 14.8 Å². The van der Waals surface area contributed by atoms with E-state index < -0.39 is 12.5 Å². The van der Waals surface area contributed by atoms with E-state index in [1.165, 1.54) is 12.1 Å². The number of hydrogen-bond donors (Lipinski definition) is 1. The molecule has 4 nitrogen and oxygen atoms in total. The number of ether oxygens (including phenoxy) is 2. The molecule has 0 aromatic heterocycles. The molecule has 0 aliphatic carbocycles. The molecule has 0 aliphatic rings. The fourth-order valence-electron chi connectivity index (χ4n) is 2.14. The van der Waals surface area contributed by atoms with Crippen LogP contribution in [0.15, 0.2) is 48.5 Å². The lowest BCUT2D eigenvalue weighted by Crippen LogP contribution is -2.32. The number of rotatable bonds is 6. The predicted octanol–water partition coefficient (Wildman–Crippen LogP) is 4.69. The third-order valence-electron chi connectivity index (χ3n) is 3.29. The molecule has 0 unspecified atom stereocenters. The van der Waals surface area contributed by atoms with Crippen molar-refractivity contribution in [3.8, 4) is 11.5 Å². The number of nitrogens with one attached hydrogen (secondary N) is 1. The van der Waals surface area contributed by atoms with Crippen LogP contribution >= 0.6 is 0 Å². The normalized spacial score (nSPS) is 12.4. The topological polar surface area (TPSA) is 47.6 Å². The fourth-order valence-corrected chi connectivity index (χ4v) is 2.14. The number of carbonyl (C=O) groups is 1. The molecule has 2 aromatic carbocycles. The monoisotopic (exact) mass is 353 g/mol. The van der Waals surface area contributed by atoms with E-state index in [9.17, 15) is 18.0 Å². The Morgan fingerprint density at radius 3 is 2.36 bits per heavy atom. The molecule has 0 aliphatic heterocycles. The highest BCUT2D eigenvalue weighted by Gasteiger charge is 2.31. The Bertz CT molecular complexity index is 714. The molecule has 0 saturated heterocycles. The summed E-state index contributed by atoms with van der Waals surface area (Å²) in [5, 5.41) is 2.62. The number of amides is 1. The van der Waals surface area contributed by atoms with E-state index in [2.05, 4.69) is 10.1 Å². The Morgan fingerprint density at radius 2 is 1.80 bits per heavy atom.